The smallest absolute Gasteiger partial charge is 0.126 e. The van der Waals surface area contributed by atoms with Gasteiger partial charge in [0.2, 0.25) is 0 Å². The lowest BCUT2D eigenvalue weighted by Crippen LogP contribution is -2.13. The van der Waals surface area contributed by atoms with Gasteiger partial charge < -0.3 is 10.7 Å². The minimum Gasteiger partial charge on any atom is -0.342 e. The number of nitrogens with two attached hydrogens (primary N) is 1. The van der Waals surface area contributed by atoms with Crippen molar-refractivity contribution in [2.75, 3.05) is 6.54 Å². The minimum absolute atomic E-state index is 0.197. The second-order valence-electron chi connectivity index (χ2n) is 4.87. The second-order valence-corrected chi connectivity index (χ2v) is 4.87. The number of hydrogen-bond acceptors (Lipinski definition) is 2. The summed E-state index contributed by atoms with van der Waals surface area (Å²) in [6.45, 7) is 4.45. The highest BCUT2D eigenvalue weighted by atomic mass is 19.1. The van der Waals surface area contributed by atoms with Gasteiger partial charge in [-0.2, -0.15) is 0 Å². The molecule has 0 bridgehead atoms. The lowest BCUT2D eigenvalue weighted by Gasteiger charge is -2.10. The Morgan fingerprint density at radius 1 is 1.42 bits per heavy atom. The molecule has 4 heteroatoms. The number of aromatic nitrogens is 2. The molecule has 3 nitrogen and oxygen atoms in total. The van der Waals surface area contributed by atoms with E-state index in [4.69, 9.17) is 5.73 Å². The van der Waals surface area contributed by atoms with E-state index in [1.807, 2.05) is 6.07 Å². The fourth-order valence-electron chi connectivity index (χ4n) is 2.17. The molecule has 1 unspecified atom stereocenters. The number of imidazole rings is 1. The van der Waals surface area contributed by atoms with Crippen molar-refractivity contribution < 1.29 is 4.39 Å². The zero-order valence-electron chi connectivity index (χ0n) is 11.4. The predicted molar refractivity (Wildman–Crippen MR) is 75.4 cm³/mol. The topological polar surface area (TPSA) is 54.7 Å². The molecule has 102 valence electrons. The Labute approximate surface area is 113 Å². The summed E-state index contributed by atoms with van der Waals surface area (Å²) in [5.41, 5.74) is 8.06. The third-order valence-corrected chi connectivity index (χ3v) is 3.39. The molecule has 1 aromatic carbocycles. The van der Waals surface area contributed by atoms with Crippen LogP contribution in [0.5, 0.6) is 0 Å². The number of aryl methyl sites for hydroxylation is 1. The van der Waals surface area contributed by atoms with Crippen LogP contribution in [-0.2, 0) is 0 Å². The predicted octanol–water partition coefficient (Wildman–Crippen LogP) is 3.37. The third-order valence-electron chi connectivity index (χ3n) is 3.39. The van der Waals surface area contributed by atoms with Crippen LogP contribution < -0.4 is 5.73 Å². The van der Waals surface area contributed by atoms with Crippen molar-refractivity contribution in [3.8, 4) is 11.3 Å². The number of rotatable bonds is 5. The first-order valence-electron chi connectivity index (χ1n) is 6.67. The van der Waals surface area contributed by atoms with Crippen molar-refractivity contribution in [3.05, 3.63) is 41.6 Å². The molecule has 0 saturated heterocycles. The van der Waals surface area contributed by atoms with Gasteiger partial charge in [0.05, 0.1) is 11.9 Å². The van der Waals surface area contributed by atoms with Gasteiger partial charge in [0, 0.05) is 18.0 Å². The SMILES string of the molecule is CCCC(CN)c1ncc(-c2ccc(C)c(F)c2)[nH]1. The lowest BCUT2D eigenvalue weighted by molar-refractivity contribution is 0.595. The first-order valence-corrected chi connectivity index (χ1v) is 6.67. The van der Waals surface area contributed by atoms with Gasteiger partial charge in [-0.25, -0.2) is 9.37 Å². The van der Waals surface area contributed by atoms with Crippen molar-refractivity contribution in [1.29, 1.82) is 0 Å². The Bertz CT molecular complexity index is 548. The maximum absolute atomic E-state index is 13.6. The molecule has 1 heterocycles. The van der Waals surface area contributed by atoms with E-state index in [0.717, 1.165) is 29.9 Å². The number of hydrogen-bond donors (Lipinski definition) is 2. The lowest BCUT2D eigenvalue weighted by atomic mass is 10.0. The average molecular weight is 261 g/mol. The molecule has 2 aromatic rings. The van der Waals surface area contributed by atoms with E-state index in [-0.39, 0.29) is 11.7 Å². The van der Waals surface area contributed by atoms with Crippen molar-refractivity contribution in [3.63, 3.8) is 0 Å². The summed E-state index contributed by atoms with van der Waals surface area (Å²) in [7, 11) is 0. The summed E-state index contributed by atoms with van der Waals surface area (Å²) in [5.74, 6) is 0.937. The van der Waals surface area contributed by atoms with Crippen LogP contribution >= 0.6 is 0 Å². The molecule has 1 aromatic heterocycles. The summed E-state index contributed by atoms with van der Waals surface area (Å²) < 4.78 is 13.6. The quantitative estimate of drug-likeness (QED) is 0.867. The van der Waals surface area contributed by atoms with Crippen LogP contribution in [0.1, 0.15) is 37.1 Å². The fraction of sp³-hybridized carbons (Fsp3) is 0.400. The highest BCUT2D eigenvalue weighted by molar-refractivity contribution is 5.59. The van der Waals surface area contributed by atoms with Crippen LogP contribution in [0, 0.1) is 12.7 Å². The number of H-pyrrole nitrogens is 1. The van der Waals surface area contributed by atoms with E-state index >= 15 is 0 Å². The first kappa shape index (κ1) is 13.7. The fourth-order valence-corrected chi connectivity index (χ4v) is 2.17. The molecule has 0 aliphatic heterocycles. The summed E-state index contributed by atoms with van der Waals surface area (Å²) in [4.78, 5) is 7.63. The molecule has 0 fully saturated rings. The number of halogens is 1. The Balaban J connectivity index is 2.27. The van der Waals surface area contributed by atoms with E-state index in [0.29, 0.717) is 12.1 Å². The summed E-state index contributed by atoms with van der Waals surface area (Å²) in [6.07, 6.45) is 3.82. The largest absolute Gasteiger partial charge is 0.342 e. The van der Waals surface area contributed by atoms with E-state index in [1.54, 1.807) is 19.2 Å². The molecule has 1 atom stereocenters. The summed E-state index contributed by atoms with van der Waals surface area (Å²) >= 11 is 0. The van der Waals surface area contributed by atoms with Gasteiger partial charge in [0.1, 0.15) is 11.6 Å². The number of benzene rings is 1. The van der Waals surface area contributed by atoms with Crippen LogP contribution in [0.15, 0.2) is 24.4 Å². The molecular weight excluding hydrogens is 241 g/mol. The Morgan fingerprint density at radius 3 is 2.84 bits per heavy atom. The molecule has 2 rings (SSSR count). The van der Waals surface area contributed by atoms with Crippen molar-refractivity contribution in [2.45, 2.75) is 32.6 Å². The second kappa shape index (κ2) is 5.97. The van der Waals surface area contributed by atoms with Crippen LogP contribution in [0.4, 0.5) is 4.39 Å². The molecule has 0 amide bonds. The maximum atomic E-state index is 13.6. The molecule has 3 N–H and O–H groups in total. The van der Waals surface area contributed by atoms with Gasteiger partial charge in [0.25, 0.3) is 0 Å². The monoisotopic (exact) mass is 261 g/mol. The highest BCUT2D eigenvalue weighted by Crippen LogP contribution is 2.23. The molecular formula is C15H20FN3. The van der Waals surface area contributed by atoms with Crippen LogP contribution in [0.3, 0.4) is 0 Å². The summed E-state index contributed by atoms with van der Waals surface area (Å²) in [6, 6.07) is 5.20. The van der Waals surface area contributed by atoms with Crippen LogP contribution in [0.25, 0.3) is 11.3 Å². The van der Waals surface area contributed by atoms with Crippen LogP contribution in [0.2, 0.25) is 0 Å². The van der Waals surface area contributed by atoms with E-state index in [1.165, 1.54) is 6.07 Å². The molecule has 0 spiro atoms. The maximum Gasteiger partial charge on any atom is 0.126 e. The minimum atomic E-state index is -0.197. The Hall–Kier alpha value is -1.68. The zero-order valence-corrected chi connectivity index (χ0v) is 11.4. The Morgan fingerprint density at radius 2 is 2.21 bits per heavy atom. The number of nitrogens with one attached hydrogen (secondary N) is 1. The van der Waals surface area contributed by atoms with Gasteiger partial charge in [-0.15, -0.1) is 0 Å². The van der Waals surface area contributed by atoms with Gasteiger partial charge in [-0.1, -0.05) is 25.5 Å². The highest BCUT2D eigenvalue weighted by Gasteiger charge is 2.13. The number of nitrogens with zero attached hydrogens (tertiary/aromatic N) is 1. The van der Waals surface area contributed by atoms with Gasteiger partial charge in [0.15, 0.2) is 0 Å². The van der Waals surface area contributed by atoms with Gasteiger partial charge >= 0.3 is 0 Å². The van der Waals surface area contributed by atoms with Gasteiger partial charge in [-0.05, 0) is 25.0 Å². The van der Waals surface area contributed by atoms with Crippen molar-refractivity contribution in [2.24, 2.45) is 5.73 Å². The normalized spacial score (nSPS) is 12.6. The molecule has 0 saturated carbocycles. The van der Waals surface area contributed by atoms with Crippen molar-refractivity contribution in [1.82, 2.24) is 9.97 Å². The van der Waals surface area contributed by atoms with E-state index in [9.17, 15) is 4.39 Å². The molecule has 0 aliphatic carbocycles. The molecule has 19 heavy (non-hydrogen) atoms. The Kier molecular flexibility index (Phi) is 4.32. The molecule has 0 radical (unpaired) electrons. The van der Waals surface area contributed by atoms with Crippen molar-refractivity contribution >= 4 is 0 Å². The van der Waals surface area contributed by atoms with Gasteiger partial charge in [-0.3, -0.25) is 0 Å². The van der Waals surface area contributed by atoms with Crippen LogP contribution in [-0.4, -0.2) is 16.5 Å². The number of aromatic amines is 1. The zero-order chi connectivity index (χ0) is 13.8. The summed E-state index contributed by atoms with van der Waals surface area (Å²) in [5, 5.41) is 0. The average Bonchev–Trinajstić information content (AvgIpc) is 2.88. The molecule has 0 aliphatic rings. The van der Waals surface area contributed by atoms with E-state index < -0.39 is 0 Å². The third kappa shape index (κ3) is 3.01. The standard InChI is InChI=1S/C15H20FN3/c1-3-4-12(8-17)15-18-9-14(19-15)11-6-5-10(2)13(16)7-11/h5-7,9,12H,3-4,8,17H2,1-2H3,(H,18,19). The van der Waals surface area contributed by atoms with E-state index in [2.05, 4.69) is 16.9 Å². The first-order chi connectivity index (χ1) is 9.15.